The van der Waals surface area contributed by atoms with Gasteiger partial charge in [0.15, 0.2) is 0 Å². The highest BCUT2D eigenvalue weighted by Crippen LogP contribution is 2.15. The minimum Gasteiger partial charge on any atom is -0.368 e. The van der Waals surface area contributed by atoms with Crippen LogP contribution < -0.4 is 10.6 Å². The van der Waals surface area contributed by atoms with Crippen molar-refractivity contribution in [3.63, 3.8) is 0 Å². The summed E-state index contributed by atoms with van der Waals surface area (Å²) in [5.41, 5.74) is 5.90. The summed E-state index contributed by atoms with van der Waals surface area (Å²) >= 11 is 0. The number of benzene rings is 1. The van der Waals surface area contributed by atoms with Crippen LogP contribution in [0.5, 0.6) is 0 Å². The first kappa shape index (κ1) is 11.2. The van der Waals surface area contributed by atoms with Crippen LogP contribution in [0.1, 0.15) is 0 Å². The highest BCUT2D eigenvalue weighted by Gasteiger charge is 2.18. The molecule has 0 aromatic heterocycles. The Morgan fingerprint density at radius 1 is 1.47 bits per heavy atom. The predicted molar refractivity (Wildman–Crippen MR) is 58.2 cm³/mol. The van der Waals surface area contributed by atoms with Gasteiger partial charge in [0.25, 0.3) is 0 Å². The van der Waals surface area contributed by atoms with Crippen LogP contribution in [0.25, 0.3) is 0 Å². The Morgan fingerprint density at radius 3 is 2.53 bits per heavy atom. The molecule has 0 saturated heterocycles. The van der Waals surface area contributed by atoms with Crippen molar-refractivity contribution in [2.75, 3.05) is 11.4 Å². The number of hydrogen-bond donors (Lipinski definition) is 1. The number of nitrogens with zero attached hydrogens (tertiary/aromatic N) is 1. The summed E-state index contributed by atoms with van der Waals surface area (Å²) in [6.07, 6.45) is 0.716. The number of primary amides is 1. The quantitative estimate of drug-likeness (QED) is 0.707. The molecule has 0 saturated carbocycles. The minimum atomic E-state index is -0.738. The standard InChI is InChI=1S/C11H13N2O2/c1-9(11(12)15)13(7-8-14)10-5-3-2-4-6-10/h2-6,8-9H,1,7H2,(H2,12,15). The zero-order valence-corrected chi connectivity index (χ0v) is 8.30. The molecule has 1 amide bonds. The van der Waals surface area contributed by atoms with Gasteiger partial charge >= 0.3 is 0 Å². The first-order valence-corrected chi connectivity index (χ1v) is 4.54. The summed E-state index contributed by atoms with van der Waals surface area (Å²) in [5, 5.41) is 0. The van der Waals surface area contributed by atoms with E-state index in [1.807, 2.05) is 18.2 Å². The summed E-state index contributed by atoms with van der Waals surface area (Å²) in [6.45, 7) is 3.72. The summed E-state index contributed by atoms with van der Waals surface area (Å²) in [5.74, 6) is -0.555. The lowest BCUT2D eigenvalue weighted by atomic mass is 10.2. The molecule has 0 aliphatic carbocycles. The van der Waals surface area contributed by atoms with E-state index in [1.165, 1.54) is 0 Å². The number of anilines is 1. The van der Waals surface area contributed by atoms with Gasteiger partial charge in [0.1, 0.15) is 12.3 Å². The van der Waals surface area contributed by atoms with Gasteiger partial charge in [0.2, 0.25) is 5.91 Å². The topological polar surface area (TPSA) is 63.4 Å². The molecule has 1 radical (unpaired) electrons. The van der Waals surface area contributed by atoms with E-state index in [-0.39, 0.29) is 6.54 Å². The first-order chi connectivity index (χ1) is 7.16. The average Bonchev–Trinajstić information content (AvgIpc) is 2.26. The van der Waals surface area contributed by atoms with Crippen LogP contribution in [0.15, 0.2) is 30.3 Å². The number of carbonyl (C=O) groups excluding carboxylic acids is 2. The Bertz CT molecular complexity index is 338. The molecule has 0 fully saturated rings. The molecule has 2 N–H and O–H groups in total. The number of nitrogens with two attached hydrogens (primary N) is 1. The molecule has 1 unspecified atom stereocenters. The van der Waals surface area contributed by atoms with E-state index < -0.39 is 11.9 Å². The Kier molecular flexibility index (Phi) is 3.85. The summed E-state index contributed by atoms with van der Waals surface area (Å²) < 4.78 is 0. The van der Waals surface area contributed by atoms with Crippen molar-refractivity contribution in [3.8, 4) is 0 Å². The molecule has 0 bridgehead atoms. The van der Waals surface area contributed by atoms with Gasteiger partial charge in [0.05, 0.1) is 6.54 Å². The van der Waals surface area contributed by atoms with Crippen molar-refractivity contribution in [2.24, 2.45) is 5.73 Å². The number of para-hydroxylation sites is 1. The normalized spacial score (nSPS) is 11.8. The Hall–Kier alpha value is -1.84. The Morgan fingerprint density at radius 2 is 2.07 bits per heavy atom. The molecule has 0 aliphatic heterocycles. The predicted octanol–water partition coefficient (Wildman–Crippen LogP) is 0.380. The molecule has 1 aromatic carbocycles. The molecule has 4 nitrogen and oxygen atoms in total. The SMILES string of the molecule is [CH2]C(C(N)=O)N(CC=O)c1ccccc1. The monoisotopic (exact) mass is 205 g/mol. The fourth-order valence-corrected chi connectivity index (χ4v) is 1.27. The number of hydrogen-bond acceptors (Lipinski definition) is 3. The summed E-state index contributed by atoms with van der Waals surface area (Å²) in [6, 6.07) is 8.35. The molecule has 4 heteroatoms. The second-order valence-electron chi connectivity index (χ2n) is 3.07. The lowest BCUT2D eigenvalue weighted by Gasteiger charge is -2.26. The van der Waals surface area contributed by atoms with Gasteiger partial charge in [-0.15, -0.1) is 0 Å². The third kappa shape index (κ3) is 2.80. The molecule has 0 aliphatic rings. The number of rotatable bonds is 5. The Balaban J connectivity index is 2.92. The highest BCUT2D eigenvalue weighted by atomic mass is 16.1. The van der Waals surface area contributed by atoms with Crippen LogP contribution in [0, 0.1) is 6.92 Å². The van der Waals surface area contributed by atoms with Gasteiger partial charge in [-0.1, -0.05) is 18.2 Å². The van der Waals surface area contributed by atoms with E-state index in [0.717, 1.165) is 5.69 Å². The molecular weight excluding hydrogens is 192 g/mol. The smallest absolute Gasteiger partial charge is 0.240 e. The van der Waals surface area contributed by atoms with Crippen LogP contribution in [-0.4, -0.2) is 24.8 Å². The fraction of sp³-hybridized carbons (Fsp3) is 0.182. The van der Waals surface area contributed by atoms with Gasteiger partial charge in [-0.2, -0.15) is 0 Å². The van der Waals surface area contributed by atoms with Gasteiger partial charge in [-0.05, 0) is 19.1 Å². The van der Waals surface area contributed by atoms with Crippen molar-refractivity contribution >= 4 is 17.9 Å². The largest absolute Gasteiger partial charge is 0.368 e. The molecule has 15 heavy (non-hydrogen) atoms. The van der Waals surface area contributed by atoms with Crippen LogP contribution in [0.3, 0.4) is 0 Å². The maximum Gasteiger partial charge on any atom is 0.240 e. The van der Waals surface area contributed by atoms with Crippen molar-refractivity contribution < 1.29 is 9.59 Å². The second kappa shape index (κ2) is 5.14. The second-order valence-corrected chi connectivity index (χ2v) is 3.07. The van der Waals surface area contributed by atoms with E-state index in [0.29, 0.717) is 6.29 Å². The van der Waals surface area contributed by atoms with Crippen LogP contribution in [-0.2, 0) is 9.59 Å². The third-order valence-electron chi connectivity index (χ3n) is 2.06. The zero-order chi connectivity index (χ0) is 11.3. The van der Waals surface area contributed by atoms with Gasteiger partial charge in [0, 0.05) is 5.69 Å². The average molecular weight is 205 g/mol. The van der Waals surface area contributed by atoms with Crippen molar-refractivity contribution in [1.29, 1.82) is 0 Å². The molecule has 0 heterocycles. The molecular formula is C11H13N2O2. The van der Waals surface area contributed by atoms with E-state index in [2.05, 4.69) is 6.92 Å². The van der Waals surface area contributed by atoms with E-state index in [1.54, 1.807) is 17.0 Å². The molecule has 79 valence electrons. The molecule has 1 aromatic rings. The van der Waals surface area contributed by atoms with Crippen molar-refractivity contribution in [2.45, 2.75) is 6.04 Å². The van der Waals surface area contributed by atoms with Gasteiger partial charge in [-0.3, -0.25) is 4.79 Å². The zero-order valence-electron chi connectivity index (χ0n) is 8.30. The lowest BCUT2D eigenvalue weighted by Crippen LogP contribution is -2.44. The third-order valence-corrected chi connectivity index (χ3v) is 2.06. The number of aldehydes is 1. The number of carbonyl (C=O) groups is 2. The Labute approximate surface area is 88.7 Å². The summed E-state index contributed by atoms with van der Waals surface area (Å²) in [7, 11) is 0. The fourth-order valence-electron chi connectivity index (χ4n) is 1.27. The molecule has 1 rings (SSSR count). The first-order valence-electron chi connectivity index (χ1n) is 4.54. The maximum absolute atomic E-state index is 11.0. The minimum absolute atomic E-state index is 0.0983. The van der Waals surface area contributed by atoms with E-state index in [4.69, 9.17) is 5.73 Å². The van der Waals surface area contributed by atoms with Crippen molar-refractivity contribution in [3.05, 3.63) is 37.3 Å². The lowest BCUT2D eigenvalue weighted by molar-refractivity contribution is -0.118. The van der Waals surface area contributed by atoms with Crippen molar-refractivity contribution in [1.82, 2.24) is 0 Å². The number of amides is 1. The van der Waals surface area contributed by atoms with Crippen LogP contribution in [0.2, 0.25) is 0 Å². The maximum atomic E-state index is 11.0. The summed E-state index contributed by atoms with van der Waals surface area (Å²) in [4.78, 5) is 23.0. The van der Waals surface area contributed by atoms with Gasteiger partial charge < -0.3 is 15.4 Å². The highest BCUT2D eigenvalue weighted by molar-refractivity contribution is 5.85. The molecule has 0 spiro atoms. The van der Waals surface area contributed by atoms with E-state index in [9.17, 15) is 9.59 Å². The van der Waals surface area contributed by atoms with Crippen LogP contribution in [0.4, 0.5) is 5.69 Å². The van der Waals surface area contributed by atoms with E-state index >= 15 is 0 Å². The molecule has 1 atom stereocenters. The van der Waals surface area contributed by atoms with Crippen LogP contribution >= 0.6 is 0 Å². The van der Waals surface area contributed by atoms with Gasteiger partial charge in [-0.25, -0.2) is 0 Å².